The number of benzene rings is 1. The molecule has 25 heavy (non-hydrogen) atoms. The SMILES string of the molecule is COC(=O)c1ccc(/C=N\NC(=O)c2nc(Cl)c(Cl)c(N)c2Cl)cc1. The van der Waals surface area contributed by atoms with Gasteiger partial charge in [0.25, 0.3) is 5.91 Å². The van der Waals surface area contributed by atoms with Crippen LogP contribution in [0.5, 0.6) is 0 Å². The number of hydrazone groups is 1. The molecule has 3 N–H and O–H groups in total. The fraction of sp³-hybridized carbons (Fsp3) is 0.0667. The van der Waals surface area contributed by atoms with Gasteiger partial charge >= 0.3 is 5.97 Å². The van der Waals surface area contributed by atoms with E-state index in [1.165, 1.54) is 13.3 Å². The maximum absolute atomic E-state index is 12.1. The Hall–Kier alpha value is -2.35. The molecule has 0 spiro atoms. The molecule has 1 aromatic carbocycles. The lowest BCUT2D eigenvalue weighted by Crippen LogP contribution is -2.20. The highest BCUT2D eigenvalue weighted by Crippen LogP contribution is 2.34. The van der Waals surface area contributed by atoms with E-state index >= 15 is 0 Å². The van der Waals surface area contributed by atoms with Crippen LogP contribution in [0.2, 0.25) is 15.2 Å². The summed E-state index contributed by atoms with van der Waals surface area (Å²) in [6.07, 6.45) is 1.37. The van der Waals surface area contributed by atoms with Gasteiger partial charge in [-0.15, -0.1) is 0 Å². The lowest BCUT2D eigenvalue weighted by Gasteiger charge is -2.07. The molecule has 10 heteroatoms. The minimum Gasteiger partial charge on any atom is -0.465 e. The second-order valence-electron chi connectivity index (χ2n) is 4.61. The highest BCUT2D eigenvalue weighted by molar-refractivity contribution is 6.46. The molecule has 0 fully saturated rings. The van der Waals surface area contributed by atoms with E-state index in [0.717, 1.165) is 0 Å². The molecule has 2 aromatic rings. The number of methoxy groups -OCH3 is 1. The molecule has 0 bridgehead atoms. The number of anilines is 1. The first-order chi connectivity index (χ1) is 11.8. The monoisotopic (exact) mass is 400 g/mol. The van der Waals surface area contributed by atoms with E-state index in [-0.39, 0.29) is 26.6 Å². The number of ether oxygens (including phenoxy) is 1. The molecule has 1 aromatic heterocycles. The van der Waals surface area contributed by atoms with Gasteiger partial charge in [-0.25, -0.2) is 15.2 Å². The van der Waals surface area contributed by atoms with Crippen molar-refractivity contribution >= 4 is 58.6 Å². The summed E-state index contributed by atoms with van der Waals surface area (Å²) in [4.78, 5) is 27.2. The van der Waals surface area contributed by atoms with Crippen LogP contribution in [0.25, 0.3) is 0 Å². The van der Waals surface area contributed by atoms with Crippen molar-refractivity contribution in [2.75, 3.05) is 12.8 Å². The number of aromatic nitrogens is 1. The summed E-state index contributed by atoms with van der Waals surface area (Å²) in [7, 11) is 1.29. The third kappa shape index (κ3) is 4.39. The van der Waals surface area contributed by atoms with Crippen molar-refractivity contribution in [2.45, 2.75) is 0 Å². The van der Waals surface area contributed by atoms with Crippen LogP contribution < -0.4 is 11.2 Å². The first kappa shape index (κ1) is 19.0. The van der Waals surface area contributed by atoms with Crippen molar-refractivity contribution in [3.05, 3.63) is 56.3 Å². The number of nitrogen functional groups attached to an aromatic ring is 1. The zero-order valence-electron chi connectivity index (χ0n) is 12.7. The number of nitrogens with two attached hydrogens (primary N) is 1. The van der Waals surface area contributed by atoms with Gasteiger partial charge in [-0.2, -0.15) is 5.10 Å². The topological polar surface area (TPSA) is 107 Å². The maximum atomic E-state index is 12.1. The Bertz CT molecular complexity index is 854. The molecule has 1 amide bonds. The Morgan fingerprint density at radius 2 is 1.84 bits per heavy atom. The zero-order valence-corrected chi connectivity index (χ0v) is 15.0. The fourth-order valence-corrected chi connectivity index (χ4v) is 2.32. The van der Waals surface area contributed by atoms with Crippen LogP contribution >= 0.6 is 34.8 Å². The molecule has 0 atom stereocenters. The molecule has 0 aliphatic carbocycles. The van der Waals surface area contributed by atoms with Crippen molar-refractivity contribution in [1.82, 2.24) is 10.4 Å². The van der Waals surface area contributed by atoms with Gasteiger partial charge in [-0.05, 0) is 17.7 Å². The van der Waals surface area contributed by atoms with E-state index in [1.54, 1.807) is 24.3 Å². The molecular weight excluding hydrogens is 391 g/mol. The second kappa shape index (κ2) is 8.15. The molecule has 0 radical (unpaired) electrons. The van der Waals surface area contributed by atoms with E-state index in [0.29, 0.717) is 11.1 Å². The van der Waals surface area contributed by atoms with E-state index in [9.17, 15) is 9.59 Å². The third-order valence-electron chi connectivity index (χ3n) is 3.00. The van der Waals surface area contributed by atoms with Crippen molar-refractivity contribution in [2.24, 2.45) is 5.10 Å². The summed E-state index contributed by atoms with van der Waals surface area (Å²) in [5.74, 6) is -1.16. The standard InChI is InChI=1S/C15H11Cl3N4O3/c1-25-15(24)8-4-2-7(3-5-8)6-20-22-14(23)12-9(16)11(19)10(17)13(18)21-12/h2-6H,1H3,(H2,19,21)(H,22,23)/b20-6-. The highest BCUT2D eigenvalue weighted by Gasteiger charge is 2.19. The molecule has 0 aliphatic rings. The van der Waals surface area contributed by atoms with Crippen LogP contribution in [0.15, 0.2) is 29.4 Å². The number of hydrogen-bond acceptors (Lipinski definition) is 6. The minimum atomic E-state index is -0.710. The summed E-state index contributed by atoms with van der Waals surface area (Å²) in [5, 5.41) is 3.49. The summed E-state index contributed by atoms with van der Waals surface area (Å²) < 4.78 is 4.60. The molecule has 0 unspecified atom stereocenters. The number of pyridine rings is 1. The van der Waals surface area contributed by atoms with Gasteiger partial charge in [-0.3, -0.25) is 4.79 Å². The predicted octanol–water partition coefficient (Wildman–Crippen LogP) is 3.17. The maximum Gasteiger partial charge on any atom is 0.337 e. The van der Waals surface area contributed by atoms with Crippen LogP contribution in [0.3, 0.4) is 0 Å². The first-order valence-electron chi connectivity index (χ1n) is 6.67. The number of amides is 1. The molecule has 0 aliphatic heterocycles. The number of nitrogens with zero attached hydrogens (tertiary/aromatic N) is 2. The number of carbonyl (C=O) groups excluding carboxylic acids is 2. The van der Waals surface area contributed by atoms with E-state index in [4.69, 9.17) is 40.5 Å². The number of nitrogens with one attached hydrogen (secondary N) is 1. The second-order valence-corrected chi connectivity index (χ2v) is 5.72. The van der Waals surface area contributed by atoms with Crippen LogP contribution in [-0.2, 0) is 4.74 Å². The van der Waals surface area contributed by atoms with Crippen LogP contribution in [-0.4, -0.2) is 30.2 Å². The van der Waals surface area contributed by atoms with E-state index in [1.807, 2.05) is 0 Å². The van der Waals surface area contributed by atoms with Crippen molar-refractivity contribution < 1.29 is 14.3 Å². The average Bonchev–Trinajstić information content (AvgIpc) is 2.62. The zero-order chi connectivity index (χ0) is 18.6. The fourth-order valence-electron chi connectivity index (χ4n) is 1.72. The lowest BCUT2D eigenvalue weighted by molar-refractivity contribution is 0.0600. The van der Waals surface area contributed by atoms with Crippen molar-refractivity contribution in [3.63, 3.8) is 0 Å². The molecule has 0 saturated heterocycles. The molecule has 1 heterocycles. The molecule has 2 rings (SSSR count). The smallest absolute Gasteiger partial charge is 0.337 e. The number of esters is 1. The van der Waals surface area contributed by atoms with Gasteiger partial charge < -0.3 is 10.5 Å². The summed E-state index contributed by atoms with van der Waals surface area (Å²) in [6, 6.07) is 6.38. The lowest BCUT2D eigenvalue weighted by atomic mass is 10.1. The van der Waals surface area contributed by atoms with Gasteiger partial charge in [-0.1, -0.05) is 46.9 Å². The average molecular weight is 402 g/mol. The Labute approximate surface area is 157 Å². The van der Waals surface area contributed by atoms with Crippen LogP contribution in [0.4, 0.5) is 5.69 Å². The largest absolute Gasteiger partial charge is 0.465 e. The predicted molar refractivity (Wildman–Crippen MR) is 96.5 cm³/mol. The third-order valence-corrected chi connectivity index (χ3v) is 4.13. The quantitative estimate of drug-likeness (QED) is 0.354. The molecule has 7 nitrogen and oxygen atoms in total. The number of carbonyl (C=O) groups is 2. The normalized spacial score (nSPS) is 10.7. The molecular formula is C15H11Cl3N4O3. The van der Waals surface area contributed by atoms with Gasteiger partial charge in [0, 0.05) is 0 Å². The number of halogens is 3. The Kier molecular flexibility index (Phi) is 6.19. The van der Waals surface area contributed by atoms with Crippen molar-refractivity contribution in [3.8, 4) is 0 Å². The van der Waals surface area contributed by atoms with E-state index in [2.05, 4.69) is 20.2 Å². The van der Waals surface area contributed by atoms with E-state index < -0.39 is 11.9 Å². The Balaban J connectivity index is 2.10. The molecule has 130 valence electrons. The van der Waals surface area contributed by atoms with Gasteiger partial charge in [0.15, 0.2) is 10.8 Å². The Morgan fingerprint density at radius 3 is 2.44 bits per heavy atom. The van der Waals surface area contributed by atoms with Gasteiger partial charge in [0.2, 0.25) is 0 Å². The van der Waals surface area contributed by atoms with Crippen LogP contribution in [0, 0.1) is 0 Å². The Morgan fingerprint density at radius 1 is 1.20 bits per heavy atom. The summed E-state index contributed by atoms with van der Waals surface area (Å²) >= 11 is 17.5. The number of rotatable bonds is 4. The van der Waals surface area contributed by atoms with Gasteiger partial charge in [0.05, 0.1) is 29.6 Å². The van der Waals surface area contributed by atoms with Crippen molar-refractivity contribution in [1.29, 1.82) is 0 Å². The summed E-state index contributed by atoms with van der Waals surface area (Å²) in [5.41, 5.74) is 8.68. The summed E-state index contributed by atoms with van der Waals surface area (Å²) in [6.45, 7) is 0. The molecule has 0 saturated carbocycles. The highest BCUT2D eigenvalue weighted by atomic mass is 35.5. The number of hydrogen-bond donors (Lipinski definition) is 2. The minimum absolute atomic E-state index is 0.0302. The van der Waals surface area contributed by atoms with Crippen LogP contribution in [0.1, 0.15) is 26.4 Å². The first-order valence-corrected chi connectivity index (χ1v) is 7.80. The van der Waals surface area contributed by atoms with Gasteiger partial charge in [0.1, 0.15) is 5.02 Å².